The molecule has 1 aromatic rings. The number of carbonyl (C=O) groups excluding carboxylic acids is 2. The van der Waals surface area contributed by atoms with Crippen molar-refractivity contribution in [3.05, 3.63) is 35.4 Å². The maximum absolute atomic E-state index is 12.4. The molecule has 0 spiro atoms. The highest BCUT2D eigenvalue weighted by atomic mass is 16.5. The second-order valence-corrected chi connectivity index (χ2v) is 4.92. The second-order valence-electron chi connectivity index (χ2n) is 4.92. The van der Waals surface area contributed by atoms with Gasteiger partial charge in [-0.15, -0.1) is 0 Å². The Bertz CT molecular complexity index is 494. The lowest BCUT2D eigenvalue weighted by atomic mass is 10.1. The van der Waals surface area contributed by atoms with Crippen LogP contribution in [0, 0.1) is 6.92 Å². The molecule has 0 unspecified atom stereocenters. The third kappa shape index (κ3) is 3.17. The number of piperazine rings is 1. The topological polar surface area (TPSA) is 49.9 Å². The molecule has 0 aromatic heterocycles. The lowest BCUT2D eigenvalue weighted by Crippen LogP contribution is -2.51. The molecular weight excluding hydrogens is 256 g/mol. The van der Waals surface area contributed by atoms with Crippen LogP contribution in [-0.4, -0.2) is 61.5 Å². The van der Waals surface area contributed by atoms with E-state index in [4.69, 9.17) is 4.74 Å². The van der Waals surface area contributed by atoms with Crippen LogP contribution in [0.1, 0.15) is 15.9 Å². The molecule has 1 saturated heterocycles. The number of aryl methyl sites for hydroxylation is 1. The molecule has 5 nitrogen and oxygen atoms in total. The third-order valence-electron chi connectivity index (χ3n) is 3.56. The number of rotatable bonds is 3. The van der Waals surface area contributed by atoms with E-state index in [0.29, 0.717) is 26.2 Å². The minimum absolute atomic E-state index is 0.0181. The number of carbonyl (C=O) groups is 2. The number of hydrogen-bond acceptors (Lipinski definition) is 3. The molecule has 2 rings (SSSR count). The summed E-state index contributed by atoms with van der Waals surface area (Å²) in [5.41, 5.74) is 1.72. The van der Waals surface area contributed by atoms with Gasteiger partial charge in [0.05, 0.1) is 0 Å². The summed E-state index contributed by atoms with van der Waals surface area (Å²) in [7, 11) is 1.51. The first-order valence-corrected chi connectivity index (χ1v) is 6.75. The van der Waals surface area contributed by atoms with Gasteiger partial charge >= 0.3 is 0 Å². The van der Waals surface area contributed by atoms with E-state index in [2.05, 4.69) is 0 Å². The summed E-state index contributed by atoms with van der Waals surface area (Å²) >= 11 is 0. The first kappa shape index (κ1) is 14.5. The van der Waals surface area contributed by atoms with E-state index < -0.39 is 0 Å². The SMILES string of the molecule is COCC(=O)N1CCN(C(=O)c2ccccc2C)CC1. The Morgan fingerprint density at radius 2 is 1.70 bits per heavy atom. The van der Waals surface area contributed by atoms with Crippen molar-refractivity contribution in [2.75, 3.05) is 39.9 Å². The zero-order valence-electron chi connectivity index (χ0n) is 12.0. The van der Waals surface area contributed by atoms with Crippen LogP contribution >= 0.6 is 0 Å². The van der Waals surface area contributed by atoms with E-state index in [9.17, 15) is 9.59 Å². The largest absolute Gasteiger partial charge is 0.375 e. The van der Waals surface area contributed by atoms with Gasteiger partial charge in [-0.3, -0.25) is 9.59 Å². The molecule has 0 N–H and O–H groups in total. The summed E-state index contributed by atoms with van der Waals surface area (Å²) in [6.07, 6.45) is 0. The molecule has 0 aliphatic carbocycles. The predicted octanol–water partition coefficient (Wildman–Crippen LogP) is 0.926. The molecule has 2 amide bonds. The summed E-state index contributed by atoms with van der Waals surface area (Å²) in [5, 5.41) is 0. The summed E-state index contributed by atoms with van der Waals surface area (Å²) in [5.74, 6) is 0.0254. The van der Waals surface area contributed by atoms with Crippen LogP contribution in [0.25, 0.3) is 0 Å². The molecule has 1 fully saturated rings. The van der Waals surface area contributed by atoms with Crippen molar-refractivity contribution in [3.63, 3.8) is 0 Å². The second kappa shape index (κ2) is 6.52. The summed E-state index contributed by atoms with van der Waals surface area (Å²) in [6, 6.07) is 7.58. The van der Waals surface area contributed by atoms with Gasteiger partial charge in [0.1, 0.15) is 6.61 Å². The Morgan fingerprint density at radius 1 is 1.10 bits per heavy atom. The Hall–Kier alpha value is -1.88. The molecule has 108 valence electrons. The zero-order valence-corrected chi connectivity index (χ0v) is 12.0. The molecule has 1 aliphatic heterocycles. The molecule has 0 atom stereocenters. The van der Waals surface area contributed by atoms with Crippen molar-refractivity contribution in [1.82, 2.24) is 9.80 Å². The Labute approximate surface area is 119 Å². The molecular formula is C15H20N2O3. The summed E-state index contributed by atoms with van der Waals surface area (Å²) in [4.78, 5) is 27.7. The maximum atomic E-state index is 12.4. The van der Waals surface area contributed by atoms with Gasteiger partial charge in [0, 0.05) is 38.9 Å². The van der Waals surface area contributed by atoms with Gasteiger partial charge in [-0.2, -0.15) is 0 Å². The molecule has 0 radical (unpaired) electrons. The van der Waals surface area contributed by atoms with Crippen molar-refractivity contribution in [3.8, 4) is 0 Å². The fourth-order valence-corrected chi connectivity index (χ4v) is 2.36. The third-order valence-corrected chi connectivity index (χ3v) is 3.56. The Balaban J connectivity index is 1.96. The fraction of sp³-hybridized carbons (Fsp3) is 0.467. The van der Waals surface area contributed by atoms with Crippen LogP contribution in [0.5, 0.6) is 0 Å². The lowest BCUT2D eigenvalue weighted by Gasteiger charge is -2.35. The molecule has 0 saturated carbocycles. The van der Waals surface area contributed by atoms with Gasteiger partial charge in [-0.25, -0.2) is 0 Å². The Kier molecular flexibility index (Phi) is 4.74. The minimum atomic E-state index is -0.0181. The minimum Gasteiger partial charge on any atom is -0.375 e. The number of ether oxygens (including phenoxy) is 1. The van der Waals surface area contributed by atoms with Crippen LogP contribution < -0.4 is 0 Å². The van der Waals surface area contributed by atoms with Crippen molar-refractivity contribution < 1.29 is 14.3 Å². The van der Waals surface area contributed by atoms with Gasteiger partial charge in [-0.1, -0.05) is 18.2 Å². The molecule has 1 aromatic carbocycles. The predicted molar refractivity (Wildman–Crippen MR) is 75.5 cm³/mol. The van der Waals surface area contributed by atoms with E-state index in [1.54, 1.807) is 9.80 Å². The summed E-state index contributed by atoms with van der Waals surface area (Å²) in [6.45, 7) is 4.32. The maximum Gasteiger partial charge on any atom is 0.254 e. The van der Waals surface area contributed by atoms with Crippen molar-refractivity contribution >= 4 is 11.8 Å². The average molecular weight is 276 g/mol. The molecule has 1 heterocycles. The van der Waals surface area contributed by atoms with E-state index in [1.165, 1.54) is 7.11 Å². The summed E-state index contributed by atoms with van der Waals surface area (Å²) < 4.78 is 4.84. The van der Waals surface area contributed by atoms with Crippen LogP contribution in [0.3, 0.4) is 0 Å². The average Bonchev–Trinajstić information content (AvgIpc) is 2.47. The highest BCUT2D eigenvalue weighted by molar-refractivity contribution is 5.95. The molecule has 1 aliphatic rings. The highest BCUT2D eigenvalue weighted by Gasteiger charge is 2.25. The first-order chi connectivity index (χ1) is 9.63. The van der Waals surface area contributed by atoms with Crippen molar-refractivity contribution in [2.24, 2.45) is 0 Å². The first-order valence-electron chi connectivity index (χ1n) is 6.75. The molecule has 0 bridgehead atoms. The normalized spacial score (nSPS) is 15.3. The number of amides is 2. The number of hydrogen-bond donors (Lipinski definition) is 0. The van der Waals surface area contributed by atoms with E-state index in [1.807, 2.05) is 31.2 Å². The highest BCUT2D eigenvalue weighted by Crippen LogP contribution is 2.12. The number of nitrogens with zero attached hydrogens (tertiary/aromatic N) is 2. The van der Waals surface area contributed by atoms with Gasteiger partial charge in [0.2, 0.25) is 5.91 Å². The van der Waals surface area contributed by atoms with Gasteiger partial charge in [0.25, 0.3) is 5.91 Å². The fourth-order valence-electron chi connectivity index (χ4n) is 2.36. The quantitative estimate of drug-likeness (QED) is 0.825. The molecule has 20 heavy (non-hydrogen) atoms. The zero-order chi connectivity index (χ0) is 14.5. The van der Waals surface area contributed by atoms with Crippen LogP contribution in [0.4, 0.5) is 0 Å². The van der Waals surface area contributed by atoms with Gasteiger partial charge in [0.15, 0.2) is 0 Å². The van der Waals surface area contributed by atoms with E-state index in [0.717, 1.165) is 11.1 Å². The van der Waals surface area contributed by atoms with Crippen LogP contribution in [0.2, 0.25) is 0 Å². The molecule has 5 heteroatoms. The van der Waals surface area contributed by atoms with E-state index in [-0.39, 0.29) is 18.4 Å². The number of methoxy groups -OCH3 is 1. The number of benzene rings is 1. The smallest absolute Gasteiger partial charge is 0.254 e. The van der Waals surface area contributed by atoms with Crippen molar-refractivity contribution in [1.29, 1.82) is 0 Å². The van der Waals surface area contributed by atoms with E-state index >= 15 is 0 Å². The van der Waals surface area contributed by atoms with Gasteiger partial charge < -0.3 is 14.5 Å². The Morgan fingerprint density at radius 3 is 2.30 bits per heavy atom. The standard InChI is InChI=1S/C15H20N2O3/c1-12-5-3-4-6-13(12)15(19)17-9-7-16(8-10-17)14(18)11-20-2/h3-6H,7-11H2,1-2H3. The van der Waals surface area contributed by atoms with Crippen LogP contribution in [0.15, 0.2) is 24.3 Å². The van der Waals surface area contributed by atoms with Crippen molar-refractivity contribution in [2.45, 2.75) is 6.92 Å². The van der Waals surface area contributed by atoms with Gasteiger partial charge in [-0.05, 0) is 18.6 Å². The monoisotopic (exact) mass is 276 g/mol. The lowest BCUT2D eigenvalue weighted by molar-refractivity contribution is -0.136. The van der Waals surface area contributed by atoms with Crippen LogP contribution in [-0.2, 0) is 9.53 Å².